The van der Waals surface area contributed by atoms with Gasteiger partial charge in [-0.05, 0) is 94.1 Å². The number of hydrogen-bond donors (Lipinski definition) is 6. The number of carbonyl (C=O) groups is 2. The Morgan fingerprint density at radius 2 is 1.70 bits per heavy atom. The zero-order chi connectivity index (χ0) is 34.7. The number of carbonyl (C=O) groups excluding carboxylic acids is 1. The van der Waals surface area contributed by atoms with E-state index >= 15 is 0 Å². The number of unbranched alkanes of at least 4 members (excludes halogenated alkanes) is 3. The summed E-state index contributed by atoms with van der Waals surface area (Å²) < 4.78 is 17.2. The Kier molecular flexibility index (Phi) is 9.87. The summed E-state index contributed by atoms with van der Waals surface area (Å²) in [7, 11) is 0. The monoisotopic (exact) mass is 662 g/mol. The van der Waals surface area contributed by atoms with Crippen molar-refractivity contribution >= 4 is 11.9 Å². The predicted molar refractivity (Wildman–Crippen MR) is 171 cm³/mol. The standard InChI is InChI=1S/C36H54O11/c1-33(2,44)13-9-7-8-10-14-35(5)18-36(35,6)20-16-23(37)25-21-15-19(11-12-22(21)34(3,4)47-24(25)17-20)31(43)46-32-28(40)26(38)27(39)29(45-32)30(41)42/h11,16-17,21-22,24-29,32,37-40,44H,7-10,12-15,18H2,1-6H3,(H,41,42)/t21-,22?,24?,25?,26?,27+,28-,29+,32+,35?,36?/m1/s1. The fourth-order valence-corrected chi connectivity index (χ4v) is 8.68. The van der Waals surface area contributed by atoms with Gasteiger partial charge in [-0.1, -0.05) is 51.7 Å². The first-order valence-corrected chi connectivity index (χ1v) is 17.1. The van der Waals surface area contributed by atoms with Crippen molar-refractivity contribution in [2.45, 2.75) is 147 Å². The average molecular weight is 663 g/mol. The summed E-state index contributed by atoms with van der Waals surface area (Å²) in [5, 5.41) is 61.3. The van der Waals surface area contributed by atoms with Crippen LogP contribution in [0.5, 0.6) is 0 Å². The highest BCUT2D eigenvalue weighted by Gasteiger charge is 2.63. The van der Waals surface area contributed by atoms with E-state index in [1.165, 1.54) is 0 Å². The van der Waals surface area contributed by atoms with Crippen molar-refractivity contribution in [3.63, 3.8) is 0 Å². The second-order valence-electron chi connectivity index (χ2n) is 16.3. The van der Waals surface area contributed by atoms with Gasteiger partial charge < -0.3 is 44.8 Å². The minimum absolute atomic E-state index is 0.00568. The Balaban J connectivity index is 1.25. The summed E-state index contributed by atoms with van der Waals surface area (Å²) in [4.78, 5) is 24.8. The Bertz CT molecular complexity index is 1310. The molecule has 6 N–H and O–H groups in total. The largest absolute Gasteiger partial charge is 0.512 e. The molecule has 11 heteroatoms. The molecule has 6 unspecified atom stereocenters. The zero-order valence-electron chi connectivity index (χ0n) is 28.5. The van der Waals surface area contributed by atoms with E-state index in [4.69, 9.17) is 14.2 Å². The number of hydrogen-bond acceptors (Lipinski definition) is 10. The molecule has 2 aliphatic heterocycles. The molecule has 1 saturated carbocycles. The number of rotatable bonds is 11. The molecule has 47 heavy (non-hydrogen) atoms. The van der Waals surface area contributed by atoms with E-state index in [1.54, 1.807) is 6.08 Å². The van der Waals surface area contributed by atoms with Gasteiger partial charge in [0, 0.05) is 11.5 Å². The number of allylic oxidation sites excluding steroid dienone is 3. The van der Waals surface area contributed by atoms with E-state index in [-0.39, 0.29) is 46.9 Å². The summed E-state index contributed by atoms with van der Waals surface area (Å²) in [5.41, 5.74) is 0.246. The van der Waals surface area contributed by atoms with E-state index in [9.17, 15) is 40.2 Å². The molecule has 5 aliphatic rings. The van der Waals surface area contributed by atoms with Crippen molar-refractivity contribution in [1.82, 2.24) is 0 Å². The first-order chi connectivity index (χ1) is 21.8. The van der Waals surface area contributed by atoms with Crippen molar-refractivity contribution in [3.05, 3.63) is 35.1 Å². The van der Waals surface area contributed by atoms with Crippen LogP contribution in [-0.4, -0.2) is 90.6 Å². The normalized spacial score (nSPS) is 41.1. The SMILES string of the molecule is CC(C)(O)CCCCCCC1(C)CC1(C)C1=CC2OC(C)(C)C3CC=C(C(=O)O[C@@H]4O[C@H](C(=O)O)[C@@H](O)C(O)[C@H]4O)C[C@H]3C2C(O)=C1. The van der Waals surface area contributed by atoms with Crippen molar-refractivity contribution in [1.29, 1.82) is 0 Å². The minimum atomic E-state index is -1.89. The molecule has 5 rings (SSSR count). The molecule has 0 spiro atoms. The van der Waals surface area contributed by atoms with Gasteiger partial charge in [-0.3, -0.25) is 0 Å². The van der Waals surface area contributed by atoms with Gasteiger partial charge in [0.2, 0.25) is 6.29 Å². The molecule has 11 nitrogen and oxygen atoms in total. The van der Waals surface area contributed by atoms with Crippen LogP contribution in [0.4, 0.5) is 0 Å². The number of ether oxygens (including phenoxy) is 3. The van der Waals surface area contributed by atoms with Crippen LogP contribution in [0.2, 0.25) is 0 Å². The zero-order valence-corrected chi connectivity index (χ0v) is 28.5. The number of carboxylic acid groups (broad SMARTS) is 1. The van der Waals surface area contributed by atoms with Crippen LogP contribution >= 0.6 is 0 Å². The predicted octanol–water partition coefficient (Wildman–Crippen LogP) is 4.08. The lowest BCUT2D eigenvalue weighted by Gasteiger charge is -2.53. The minimum Gasteiger partial charge on any atom is -0.512 e. The fraction of sp³-hybridized carbons (Fsp3) is 0.778. The number of aliphatic hydroxyl groups excluding tert-OH is 4. The Morgan fingerprint density at radius 1 is 1.02 bits per heavy atom. The molecule has 0 aromatic heterocycles. The molecular weight excluding hydrogens is 608 g/mol. The highest BCUT2D eigenvalue weighted by molar-refractivity contribution is 5.89. The van der Waals surface area contributed by atoms with Crippen LogP contribution in [-0.2, 0) is 23.8 Å². The summed E-state index contributed by atoms with van der Waals surface area (Å²) in [6.07, 6.45) is 4.16. The van der Waals surface area contributed by atoms with E-state index < -0.39 is 53.8 Å². The van der Waals surface area contributed by atoms with Crippen molar-refractivity contribution in [2.24, 2.45) is 28.6 Å². The molecule has 0 bridgehead atoms. The van der Waals surface area contributed by atoms with Crippen LogP contribution in [0, 0.1) is 28.6 Å². The second-order valence-corrected chi connectivity index (χ2v) is 16.3. The molecule has 0 aromatic carbocycles. The number of fused-ring (bicyclic) bond motifs is 3. The maximum absolute atomic E-state index is 13.3. The Labute approximate surface area is 277 Å². The van der Waals surface area contributed by atoms with Crippen molar-refractivity contribution < 1.29 is 54.4 Å². The van der Waals surface area contributed by atoms with Gasteiger partial charge in [-0.15, -0.1) is 0 Å². The smallest absolute Gasteiger partial charge is 0.336 e. The Morgan fingerprint density at radius 3 is 2.36 bits per heavy atom. The number of aliphatic carboxylic acids is 1. The van der Waals surface area contributed by atoms with Gasteiger partial charge in [0.25, 0.3) is 0 Å². The van der Waals surface area contributed by atoms with Gasteiger partial charge in [0.05, 0.1) is 23.1 Å². The van der Waals surface area contributed by atoms with Crippen LogP contribution in [0.15, 0.2) is 35.1 Å². The lowest BCUT2D eigenvalue weighted by molar-refractivity contribution is -0.285. The molecule has 2 saturated heterocycles. The molecule has 0 aromatic rings. The highest BCUT2D eigenvalue weighted by Crippen LogP contribution is 2.71. The number of aliphatic hydroxyl groups is 5. The number of esters is 1. The van der Waals surface area contributed by atoms with Gasteiger partial charge >= 0.3 is 11.9 Å². The van der Waals surface area contributed by atoms with Crippen molar-refractivity contribution in [3.8, 4) is 0 Å². The fourth-order valence-electron chi connectivity index (χ4n) is 8.68. The summed E-state index contributed by atoms with van der Waals surface area (Å²) in [6, 6.07) is 0. The molecule has 3 fully saturated rings. The van der Waals surface area contributed by atoms with Crippen LogP contribution in [0.3, 0.4) is 0 Å². The van der Waals surface area contributed by atoms with Gasteiger partial charge in [-0.25, -0.2) is 9.59 Å². The van der Waals surface area contributed by atoms with E-state index in [1.807, 2.05) is 33.8 Å². The van der Waals surface area contributed by atoms with E-state index in [2.05, 4.69) is 19.9 Å². The van der Waals surface area contributed by atoms with E-state index in [0.29, 0.717) is 12.0 Å². The molecule has 2 heterocycles. The average Bonchev–Trinajstić information content (AvgIpc) is 3.54. The van der Waals surface area contributed by atoms with Gasteiger partial charge in [0.1, 0.15) is 18.3 Å². The van der Waals surface area contributed by atoms with E-state index in [0.717, 1.165) is 50.5 Å². The quantitative estimate of drug-likeness (QED) is 0.138. The van der Waals surface area contributed by atoms with Gasteiger partial charge in [0.15, 0.2) is 6.10 Å². The second kappa shape index (κ2) is 12.9. The number of carboxylic acids is 1. The Hall–Kier alpha value is -2.28. The van der Waals surface area contributed by atoms with Crippen molar-refractivity contribution in [2.75, 3.05) is 0 Å². The molecule has 0 amide bonds. The van der Waals surface area contributed by atoms with Crippen LogP contribution < -0.4 is 0 Å². The van der Waals surface area contributed by atoms with Crippen LogP contribution in [0.1, 0.15) is 99.3 Å². The topological polar surface area (TPSA) is 183 Å². The third-order valence-corrected chi connectivity index (χ3v) is 11.9. The van der Waals surface area contributed by atoms with Gasteiger partial charge in [-0.2, -0.15) is 0 Å². The lowest BCUT2D eigenvalue weighted by atomic mass is 9.61. The summed E-state index contributed by atoms with van der Waals surface area (Å²) >= 11 is 0. The molecular formula is C36H54O11. The van der Waals surface area contributed by atoms with Crippen LogP contribution in [0.25, 0.3) is 0 Å². The third kappa shape index (κ3) is 7.07. The molecule has 3 aliphatic carbocycles. The molecule has 264 valence electrons. The summed E-state index contributed by atoms with van der Waals surface area (Å²) in [5.74, 6) is -2.69. The molecule has 0 radical (unpaired) electrons. The maximum Gasteiger partial charge on any atom is 0.336 e. The third-order valence-electron chi connectivity index (χ3n) is 11.9. The first kappa shape index (κ1) is 36.0. The first-order valence-electron chi connectivity index (χ1n) is 17.1. The summed E-state index contributed by atoms with van der Waals surface area (Å²) in [6.45, 7) is 12.3. The lowest BCUT2D eigenvalue weighted by Crippen LogP contribution is -2.60. The molecule has 11 atom stereocenters. The highest BCUT2D eigenvalue weighted by atomic mass is 16.7. The maximum atomic E-state index is 13.3.